The smallest absolute Gasteiger partial charge is 0.160 e. The first-order valence-electron chi connectivity index (χ1n) is 3.48. The highest BCUT2D eigenvalue weighted by molar-refractivity contribution is 7.15. The second-order valence-electron chi connectivity index (χ2n) is 2.45. The predicted molar refractivity (Wildman–Crippen MR) is 51.0 cm³/mol. The lowest BCUT2D eigenvalue weighted by atomic mass is 10.4. The maximum absolute atomic E-state index is 10.3. The Morgan fingerprint density at radius 3 is 2.58 bits per heavy atom. The lowest BCUT2D eigenvalue weighted by Gasteiger charge is -2.00. The molecule has 1 aromatic rings. The minimum atomic E-state index is 0.732. The molecule has 0 spiro atoms. The summed E-state index contributed by atoms with van der Waals surface area (Å²) in [6.07, 6.45) is 2.58. The van der Waals surface area contributed by atoms with Crippen molar-refractivity contribution in [2.75, 3.05) is 14.1 Å². The molecule has 64 valence electrons. The van der Waals surface area contributed by atoms with Gasteiger partial charge in [0.25, 0.3) is 0 Å². The standard InChI is InChI=1S/C8H10N2OS/c1-10(2)9-5-7-3-4-8(6-11)12-7/h3-6H,1-2H3/b9-5+. The molecule has 0 aliphatic heterocycles. The monoisotopic (exact) mass is 182 g/mol. The van der Waals surface area contributed by atoms with Gasteiger partial charge in [-0.2, -0.15) is 5.10 Å². The highest BCUT2D eigenvalue weighted by atomic mass is 32.1. The maximum Gasteiger partial charge on any atom is 0.160 e. The molecule has 0 aromatic carbocycles. The van der Waals surface area contributed by atoms with Gasteiger partial charge in [-0.15, -0.1) is 11.3 Å². The summed E-state index contributed by atoms with van der Waals surface area (Å²) in [6, 6.07) is 3.66. The Bertz CT molecular complexity index is 291. The van der Waals surface area contributed by atoms with E-state index in [1.165, 1.54) is 11.3 Å². The third-order valence-corrected chi connectivity index (χ3v) is 2.12. The number of nitrogens with zero attached hydrogens (tertiary/aromatic N) is 2. The normalized spacial score (nSPS) is 10.5. The van der Waals surface area contributed by atoms with Gasteiger partial charge in [-0.25, -0.2) is 0 Å². The molecule has 4 heteroatoms. The molecule has 0 amide bonds. The average Bonchev–Trinajstić information content (AvgIpc) is 2.48. The van der Waals surface area contributed by atoms with Gasteiger partial charge in [-0.05, 0) is 12.1 Å². The molecular weight excluding hydrogens is 172 g/mol. The number of aldehydes is 1. The molecule has 0 aliphatic rings. The summed E-state index contributed by atoms with van der Waals surface area (Å²) in [5, 5.41) is 5.75. The first-order valence-corrected chi connectivity index (χ1v) is 4.30. The lowest BCUT2D eigenvalue weighted by Crippen LogP contribution is -2.01. The van der Waals surface area contributed by atoms with Crippen molar-refractivity contribution < 1.29 is 4.79 Å². The summed E-state index contributed by atoms with van der Waals surface area (Å²) < 4.78 is 0. The Kier molecular flexibility index (Phi) is 2.99. The summed E-state index contributed by atoms with van der Waals surface area (Å²) in [4.78, 5) is 12.0. The topological polar surface area (TPSA) is 32.7 Å². The van der Waals surface area contributed by atoms with Gasteiger partial charge in [0, 0.05) is 19.0 Å². The van der Waals surface area contributed by atoms with Crippen molar-refractivity contribution in [3.63, 3.8) is 0 Å². The number of carbonyl (C=O) groups excluding carboxylic acids is 1. The van der Waals surface area contributed by atoms with Crippen molar-refractivity contribution in [1.29, 1.82) is 0 Å². The number of hydrazone groups is 1. The van der Waals surface area contributed by atoms with E-state index in [0.717, 1.165) is 16.0 Å². The Morgan fingerprint density at radius 2 is 2.08 bits per heavy atom. The van der Waals surface area contributed by atoms with E-state index in [9.17, 15) is 4.79 Å². The Balaban J connectivity index is 2.70. The third-order valence-electron chi connectivity index (χ3n) is 1.18. The summed E-state index contributed by atoms with van der Waals surface area (Å²) in [6.45, 7) is 0. The van der Waals surface area contributed by atoms with E-state index < -0.39 is 0 Å². The van der Waals surface area contributed by atoms with E-state index in [2.05, 4.69) is 5.10 Å². The van der Waals surface area contributed by atoms with Crippen LogP contribution in [0.25, 0.3) is 0 Å². The van der Waals surface area contributed by atoms with E-state index in [4.69, 9.17) is 0 Å². The summed E-state index contributed by atoms with van der Waals surface area (Å²) in [7, 11) is 3.70. The van der Waals surface area contributed by atoms with Gasteiger partial charge >= 0.3 is 0 Å². The largest absolute Gasteiger partial charge is 0.303 e. The Labute approximate surface area is 75.3 Å². The molecule has 1 heterocycles. The molecule has 0 atom stereocenters. The van der Waals surface area contributed by atoms with E-state index in [0.29, 0.717) is 0 Å². The van der Waals surface area contributed by atoms with Gasteiger partial charge < -0.3 is 5.01 Å². The summed E-state index contributed by atoms with van der Waals surface area (Å²) in [5.74, 6) is 0. The van der Waals surface area contributed by atoms with E-state index in [1.807, 2.05) is 20.2 Å². The van der Waals surface area contributed by atoms with Crippen molar-refractivity contribution in [2.45, 2.75) is 0 Å². The van der Waals surface area contributed by atoms with Gasteiger partial charge in [0.2, 0.25) is 0 Å². The van der Waals surface area contributed by atoms with Crippen LogP contribution in [0.15, 0.2) is 17.2 Å². The lowest BCUT2D eigenvalue weighted by molar-refractivity contribution is 0.112. The fourth-order valence-corrected chi connectivity index (χ4v) is 1.37. The van der Waals surface area contributed by atoms with Crippen LogP contribution in [-0.2, 0) is 0 Å². The van der Waals surface area contributed by atoms with Crippen LogP contribution in [0.4, 0.5) is 0 Å². The zero-order chi connectivity index (χ0) is 8.97. The summed E-state index contributed by atoms with van der Waals surface area (Å²) >= 11 is 1.43. The van der Waals surface area contributed by atoms with E-state index in [-0.39, 0.29) is 0 Å². The Hall–Kier alpha value is -1.16. The van der Waals surface area contributed by atoms with Crippen molar-refractivity contribution in [3.8, 4) is 0 Å². The fourth-order valence-electron chi connectivity index (χ4n) is 0.673. The van der Waals surface area contributed by atoms with E-state index in [1.54, 1.807) is 17.3 Å². The van der Waals surface area contributed by atoms with Crippen LogP contribution in [0.3, 0.4) is 0 Å². The maximum atomic E-state index is 10.3. The van der Waals surface area contributed by atoms with Crippen LogP contribution < -0.4 is 0 Å². The van der Waals surface area contributed by atoms with Gasteiger partial charge in [-0.1, -0.05) is 0 Å². The zero-order valence-corrected chi connectivity index (χ0v) is 7.84. The van der Waals surface area contributed by atoms with Crippen molar-refractivity contribution in [2.24, 2.45) is 5.10 Å². The number of thiophene rings is 1. The van der Waals surface area contributed by atoms with E-state index >= 15 is 0 Å². The average molecular weight is 182 g/mol. The number of carbonyl (C=O) groups is 1. The quantitative estimate of drug-likeness (QED) is 0.403. The molecule has 1 aromatic heterocycles. The van der Waals surface area contributed by atoms with Gasteiger partial charge in [0.05, 0.1) is 11.1 Å². The fraction of sp³-hybridized carbons (Fsp3) is 0.250. The number of hydrogen-bond acceptors (Lipinski definition) is 4. The minimum Gasteiger partial charge on any atom is -0.303 e. The van der Waals surface area contributed by atoms with Gasteiger partial charge in [0.1, 0.15) is 0 Å². The van der Waals surface area contributed by atoms with Crippen LogP contribution in [0, 0.1) is 0 Å². The van der Waals surface area contributed by atoms with Gasteiger partial charge in [-0.3, -0.25) is 4.79 Å². The van der Waals surface area contributed by atoms with Crippen molar-refractivity contribution in [3.05, 3.63) is 21.9 Å². The van der Waals surface area contributed by atoms with Crippen LogP contribution >= 0.6 is 11.3 Å². The molecule has 0 N–H and O–H groups in total. The third kappa shape index (κ3) is 2.47. The van der Waals surface area contributed by atoms with Crippen molar-refractivity contribution in [1.82, 2.24) is 5.01 Å². The second kappa shape index (κ2) is 4.01. The summed E-state index contributed by atoms with van der Waals surface area (Å²) in [5.41, 5.74) is 0. The molecule has 1 rings (SSSR count). The van der Waals surface area contributed by atoms with Crippen LogP contribution in [0.2, 0.25) is 0 Å². The highest BCUT2D eigenvalue weighted by Gasteiger charge is 1.94. The van der Waals surface area contributed by atoms with Crippen LogP contribution in [0.1, 0.15) is 14.5 Å². The molecule has 0 saturated heterocycles. The molecule has 0 saturated carbocycles. The van der Waals surface area contributed by atoms with Crippen LogP contribution in [0.5, 0.6) is 0 Å². The molecule has 3 nitrogen and oxygen atoms in total. The molecule has 0 aliphatic carbocycles. The SMILES string of the molecule is CN(C)/N=C/c1ccc(C=O)s1. The highest BCUT2D eigenvalue weighted by Crippen LogP contribution is 2.11. The van der Waals surface area contributed by atoms with Crippen molar-refractivity contribution >= 4 is 23.8 Å². The minimum absolute atomic E-state index is 0.732. The first kappa shape index (κ1) is 8.93. The molecule has 0 fully saturated rings. The molecule has 0 bridgehead atoms. The zero-order valence-electron chi connectivity index (χ0n) is 7.02. The molecular formula is C8H10N2OS. The molecule has 0 radical (unpaired) electrons. The number of hydrogen-bond donors (Lipinski definition) is 0. The first-order chi connectivity index (χ1) is 5.72. The van der Waals surface area contributed by atoms with Gasteiger partial charge in [0.15, 0.2) is 6.29 Å². The predicted octanol–water partition coefficient (Wildman–Crippen LogP) is 1.46. The molecule has 0 unspecified atom stereocenters. The van der Waals surface area contributed by atoms with Crippen LogP contribution in [-0.4, -0.2) is 31.6 Å². The Morgan fingerprint density at radius 1 is 1.42 bits per heavy atom. The molecule has 12 heavy (non-hydrogen) atoms. The number of rotatable bonds is 3. The second-order valence-corrected chi connectivity index (χ2v) is 3.60.